The number of benzene rings is 2. The molecule has 1 N–H and O–H groups in total. The lowest BCUT2D eigenvalue weighted by Gasteiger charge is -2.36. The first-order valence-electron chi connectivity index (χ1n) is 9.86. The molecule has 0 unspecified atom stereocenters. The molecular formula is C22H20ClFN4O3S. The number of nitrogens with zero attached hydrogens (tertiary/aromatic N) is 3. The van der Waals surface area contributed by atoms with Crippen LogP contribution in [0.5, 0.6) is 0 Å². The van der Waals surface area contributed by atoms with Crippen LogP contribution in [0.1, 0.15) is 10.4 Å². The molecule has 0 spiro atoms. The highest BCUT2D eigenvalue weighted by Crippen LogP contribution is 2.26. The summed E-state index contributed by atoms with van der Waals surface area (Å²) in [5, 5.41) is -0.0151. The number of aromatic nitrogens is 1. The molecule has 1 fully saturated rings. The molecule has 166 valence electrons. The summed E-state index contributed by atoms with van der Waals surface area (Å²) >= 11 is 6.13. The van der Waals surface area contributed by atoms with Crippen LogP contribution in [0.15, 0.2) is 71.9 Å². The molecule has 1 saturated heterocycles. The number of halogens is 2. The van der Waals surface area contributed by atoms with Gasteiger partial charge in [-0.15, -0.1) is 0 Å². The van der Waals surface area contributed by atoms with Gasteiger partial charge in [0.1, 0.15) is 10.7 Å². The van der Waals surface area contributed by atoms with Crippen LogP contribution in [-0.2, 0) is 10.0 Å². The monoisotopic (exact) mass is 474 g/mol. The third-order valence-electron chi connectivity index (χ3n) is 5.16. The molecule has 10 heteroatoms. The second-order valence-electron chi connectivity index (χ2n) is 7.24. The minimum Gasteiger partial charge on any atom is -0.368 e. The van der Waals surface area contributed by atoms with E-state index in [-0.39, 0.29) is 27.1 Å². The fourth-order valence-corrected chi connectivity index (χ4v) is 5.06. The highest BCUT2D eigenvalue weighted by molar-refractivity contribution is 7.92. The van der Waals surface area contributed by atoms with Crippen molar-refractivity contribution in [2.24, 2.45) is 0 Å². The van der Waals surface area contributed by atoms with E-state index in [1.807, 2.05) is 12.1 Å². The summed E-state index contributed by atoms with van der Waals surface area (Å²) in [6.07, 6.45) is 3.45. The molecule has 0 saturated carbocycles. The predicted octanol–water partition coefficient (Wildman–Crippen LogP) is 3.64. The molecule has 0 aliphatic carbocycles. The molecule has 0 bridgehead atoms. The van der Waals surface area contributed by atoms with Crippen LogP contribution < -0.4 is 9.62 Å². The lowest BCUT2D eigenvalue weighted by molar-refractivity contribution is 0.0746. The van der Waals surface area contributed by atoms with Crippen molar-refractivity contribution in [3.05, 3.63) is 83.4 Å². The topological polar surface area (TPSA) is 82.6 Å². The van der Waals surface area contributed by atoms with Crippen molar-refractivity contribution in [2.75, 3.05) is 35.8 Å². The van der Waals surface area contributed by atoms with E-state index < -0.39 is 15.8 Å². The first-order valence-corrected chi connectivity index (χ1v) is 11.7. The Hall–Kier alpha value is -3.17. The summed E-state index contributed by atoms with van der Waals surface area (Å²) in [5.74, 6) is -0.753. The molecule has 3 aromatic rings. The van der Waals surface area contributed by atoms with Crippen LogP contribution in [0.4, 0.5) is 15.8 Å². The summed E-state index contributed by atoms with van der Waals surface area (Å²) < 4.78 is 41.1. The van der Waals surface area contributed by atoms with Crippen molar-refractivity contribution in [3.63, 3.8) is 0 Å². The Kier molecular flexibility index (Phi) is 6.29. The van der Waals surface area contributed by atoms with Crippen molar-refractivity contribution >= 4 is 38.9 Å². The van der Waals surface area contributed by atoms with Gasteiger partial charge in [0.25, 0.3) is 15.9 Å². The Labute approximate surface area is 190 Å². The number of hydrogen-bond acceptors (Lipinski definition) is 5. The minimum atomic E-state index is -4.08. The summed E-state index contributed by atoms with van der Waals surface area (Å²) in [7, 11) is -4.08. The van der Waals surface area contributed by atoms with Gasteiger partial charge in [0.05, 0.1) is 5.02 Å². The van der Waals surface area contributed by atoms with Gasteiger partial charge in [0.15, 0.2) is 0 Å². The fraction of sp³-hybridized carbons (Fsp3) is 0.182. The number of amides is 1. The van der Waals surface area contributed by atoms with Crippen LogP contribution in [-0.4, -0.2) is 50.4 Å². The Balaban J connectivity index is 1.49. The number of carbonyl (C=O) groups is 1. The second kappa shape index (κ2) is 9.13. The number of sulfonamides is 1. The van der Waals surface area contributed by atoms with Crippen molar-refractivity contribution in [1.82, 2.24) is 9.88 Å². The lowest BCUT2D eigenvalue weighted by Crippen LogP contribution is -2.48. The van der Waals surface area contributed by atoms with E-state index in [9.17, 15) is 17.6 Å². The Morgan fingerprint density at radius 3 is 2.28 bits per heavy atom. The molecule has 0 radical (unpaired) electrons. The van der Waals surface area contributed by atoms with Crippen molar-refractivity contribution in [3.8, 4) is 0 Å². The van der Waals surface area contributed by atoms with Gasteiger partial charge in [-0.2, -0.15) is 0 Å². The average Bonchev–Trinajstić information content (AvgIpc) is 2.81. The zero-order chi connectivity index (χ0) is 22.7. The molecule has 32 heavy (non-hydrogen) atoms. The maximum atomic E-state index is 13.1. The number of nitrogens with one attached hydrogen (secondary N) is 1. The smallest absolute Gasteiger partial charge is 0.263 e. The standard InChI is InChI=1S/C22H20ClFN4O3S/c23-20-6-1-16(15-21(20)32(30,31)26-18-4-2-17(24)3-5-18)22(29)28-13-11-27(12-14-28)19-7-9-25-10-8-19/h1-10,15,26H,11-14H2. The number of hydrogen-bond donors (Lipinski definition) is 1. The molecular weight excluding hydrogens is 455 g/mol. The normalized spacial score (nSPS) is 14.3. The van der Waals surface area contributed by atoms with Gasteiger partial charge in [-0.3, -0.25) is 14.5 Å². The van der Waals surface area contributed by atoms with E-state index in [0.717, 1.165) is 17.8 Å². The Morgan fingerprint density at radius 2 is 1.62 bits per heavy atom. The summed E-state index contributed by atoms with van der Waals surface area (Å²) in [6, 6.07) is 12.9. The maximum absolute atomic E-state index is 13.1. The quantitative estimate of drug-likeness (QED) is 0.610. The summed E-state index contributed by atoms with van der Waals surface area (Å²) in [6.45, 7) is 2.31. The molecule has 1 amide bonds. The molecule has 0 atom stereocenters. The first kappa shape index (κ1) is 22.0. The van der Waals surface area contributed by atoms with Gasteiger partial charge < -0.3 is 9.80 Å². The van der Waals surface area contributed by atoms with Gasteiger partial charge in [-0.05, 0) is 54.6 Å². The van der Waals surface area contributed by atoms with E-state index in [4.69, 9.17) is 11.6 Å². The molecule has 2 heterocycles. The van der Waals surface area contributed by atoms with Crippen LogP contribution in [0.25, 0.3) is 0 Å². The molecule has 1 aliphatic rings. The third kappa shape index (κ3) is 4.84. The molecule has 1 aromatic heterocycles. The lowest BCUT2D eigenvalue weighted by atomic mass is 10.1. The zero-order valence-electron chi connectivity index (χ0n) is 16.9. The van der Waals surface area contributed by atoms with Gasteiger partial charge in [-0.25, -0.2) is 12.8 Å². The number of carbonyl (C=O) groups excluding carboxylic acids is 1. The molecule has 1 aliphatic heterocycles. The number of pyridine rings is 1. The van der Waals surface area contributed by atoms with Crippen LogP contribution >= 0.6 is 11.6 Å². The molecule has 7 nitrogen and oxygen atoms in total. The number of piperazine rings is 1. The van der Waals surface area contributed by atoms with E-state index in [1.54, 1.807) is 17.3 Å². The largest absolute Gasteiger partial charge is 0.368 e. The van der Waals surface area contributed by atoms with Gasteiger partial charge >= 0.3 is 0 Å². The SMILES string of the molecule is O=C(c1ccc(Cl)c(S(=O)(=O)Nc2ccc(F)cc2)c1)N1CCN(c2ccncc2)CC1. The summed E-state index contributed by atoms with van der Waals surface area (Å²) in [4.78, 5) is 20.7. The average molecular weight is 475 g/mol. The van der Waals surface area contributed by atoms with Crippen molar-refractivity contribution in [2.45, 2.75) is 4.90 Å². The fourth-order valence-electron chi connectivity index (χ4n) is 3.48. The van der Waals surface area contributed by atoms with E-state index in [1.165, 1.54) is 30.3 Å². The Morgan fingerprint density at radius 1 is 0.969 bits per heavy atom. The highest BCUT2D eigenvalue weighted by atomic mass is 35.5. The zero-order valence-corrected chi connectivity index (χ0v) is 18.5. The molecule has 4 rings (SSSR count). The van der Waals surface area contributed by atoms with Gasteiger partial charge in [0, 0.05) is 55.5 Å². The van der Waals surface area contributed by atoms with E-state index in [0.29, 0.717) is 26.2 Å². The van der Waals surface area contributed by atoms with Crippen LogP contribution in [0.3, 0.4) is 0 Å². The highest BCUT2D eigenvalue weighted by Gasteiger charge is 2.25. The first-order chi connectivity index (χ1) is 15.3. The van der Waals surface area contributed by atoms with E-state index >= 15 is 0 Å². The number of anilines is 2. The summed E-state index contributed by atoms with van der Waals surface area (Å²) in [5.41, 5.74) is 1.46. The molecule has 2 aromatic carbocycles. The third-order valence-corrected chi connectivity index (χ3v) is 7.02. The second-order valence-corrected chi connectivity index (χ2v) is 9.30. The van der Waals surface area contributed by atoms with Crippen molar-refractivity contribution < 1.29 is 17.6 Å². The van der Waals surface area contributed by atoms with Crippen LogP contribution in [0, 0.1) is 5.82 Å². The maximum Gasteiger partial charge on any atom is 0.263 e. The van der Waals surface area contributed by atoms with Crippen LogP contribution in [0.2, 0.25) is 5.02 Å². The van der Waals surface area contributed by atoms with E-state index in [2.05, 4.69) is 14.6 Å². The Bertz CT molecular complexity index is 1220. The number of rotatable bonds is 5. The van der Waals surface area contributed by atoms with Gasteiger partial charge in [-0.1, -0.05) is 11.6 Å². The van der Waals surface area contributed by atoms with Gasteiger partial charge in [0.2, 0.25) is 0 Å². The minimum absolute atomic E-state index is 0.0151. The predicted molar refractivity (Wildman–Crippen MR) is 121 cm³/mol. The van der Waals surface area contributed by atoms with Crippen molar-refractivity contribution in [1.29, 1.82) is 0 Å².